The summed E-state index contributed by atoms with van der Waals surface area (Å²) in [6.45, 7) is 0. The first kappa shape index (κ1) is 11.1. The Bertz CT molecular complexity index is 769. The molecule has 3 rings (SSSR count). The van der Waals surface area contributed by atoms with Gasteiger partial charge in [-0.3, -0.25) is 14.6 Å². The molecular formula is C14H7N3O2. The number of carbonyl (C=O) groups is 2. The molecule has 0 bridgehead atoms. The van der Waals surface area contributed by atoms with Crippen molar-refractivity contribution in [1.82, 2.24) is 4.98 Å². The fraction of sp³-hybridized carbons (Fsp3) is 0. The molecule has 5 heteroatoms. The second-order valence-electron chi connectivity index (χ2n) is 3.99. The first-order valence-corrected chi connectivity index (χ1v) is 5.56. The predicted octanol–water partition coefficient (Wildman–Crippen LogP) is 1.54. The molecule has 0 atom stereocenters. The SMILES string of the molecule is N#Cc1ccc(N2C(=O)C=CC2=O)c2cccnc12. The number of anilines is 1. The summed E-state index contributed by atoms with van der Waals surface area (Å²) in [5.74, 6) is -0.778. The van der Waals surface area contributed by atoms with Crippen LogP contribution in [0.1, 0.15) is 5.56 Å². The van der Waals surface area contributed by atoms with Gasteiger partial charge in [0.05, 0.1) is 16.8 Å². The summed E-state index contributed by atoms with van der Waals surface area (Å²) in [4.78, 5) is 28.6. The molecule has 0 unspecified atom stereocenters. The minimum atomic E-state index is -0.389. The van der Waals surface area contributed by atoms with Crippen molar-refractivity contribution in [3.8, 4) is 6.07 Å². The van der Waals surface area contributed by atoms with Crippen LogP contribution in [0, 0.1) is 11.3 Å². The van der Waals surface area contributed by atoms with Crippen LogP contribution in [0.25, 0.3) is 10.9 Å². The van der Waals surface area contributed by atoms with Crippen LogP contribution < -0.4 is 4.90 Å². The molecule has 90 valence electrons. The second kappa shape index (κ2) is 4.03. The summed E-state index contributed by atoms with van der Waals surface area (Å²) in [6.07, 6.45) is 4.02. The molecule has 1 aromatic heterocycles. The van der Waals surface area contributed by atoms with Crippen molar-refractivity contribution in [3.63, 3.8) is 0 Å². The predicted molar refractivity (Wildman–Crippen MR) is 68.1 cm³/mol. The normalized spacial score (nSPS) is 14.2. The number of fused-ring (bicyclic) bond motifs is 1. The zero-order valence-electron chi connectivity index (χ0n) is 9.70. The highest BCUT2D eigenvalue weighted by molar-refractivity contribution is 6.30. The monoisotopic (exact) mass is 249 g/mol. The standard InChI is InChI=1S/C14H7N3O2/c15-8-9-3-4-11(10-2-1-7-16-14(9)10)17-12(18)5-6-13(17)19/h1-7H. The fourth-order valence-corrected chi connectivity index (χ4v) is 2.08. The van der Waals surface area contributed by atoms with Gasteiger partial charge in [0.1, 0.15) is 6.07 Å². The molecule has 0 fully saturated rings. The Morgan fingerprint density at radius 2 is 1.84 bits per heavy atom. The van der Waals surface area contributed by atoms with Crippen molar-refractivity contribution >= 4 is 28.4 Å². The van der Waals surface area contributed by atoms with E-state index in [0.717, 1.165) is 4.90 Å². The largest absolute Gasteiger partial charge is 0.269 e. The Morgan fingerprint density at radius 1 is 1.11 bits per heavy atom. The summed E-state index contributed by atoms with van der Waals surface area (Å²) >= 11 is 0. The molecule has 0 saturated carbocycles. The molecule has 0 saturated heterocycles. The van der Waals surface area contributed by atoms with Gasteiger partial charge in [-0.1, -0.05) is 0 Å². The maximum absolute atomic E-state index is 11.7. The van der Waals surface area contributed by atoms with Crippen molar-refractivity contribution in [2.45, 2.75) is 0 Å². The van der Waals surface area contributed by atoms with Crippen LogP contribution in [0.5, 0.6) is 0 Å². The molecule has 1 aliphatic rings. The number of pyridine rings is 1. The summed E-state index contributed by atoms with van der Waals surface area (Å²) in [5.41, 5.74) is 1.34. The number of hydrogen-bond donors (Lipinski definition) is 0. The van der Waals surface area contributed by atoms with Gasteiger partial charge in [0.2, 0.25) is 0 Å². The van der Waals surface area contributed by atoms with Crippen LogP contribution in [0.15, 0.2) is 42.6 Å². The zero-order valence-corrected chi connectivity index (χ0v) is 9.70. The average Bonchev–Trinajstić information content (AvgIpc) is 2.77. The fourth-order valence-electron chi connectivity index (χ4n) is 2.08. The van der Waals surface area contributed by atoms with Crippen molar-refractivity contribution in [3.05, 3.63) is 48.2 Å². The Hall–Kier alpha value is -3.00. The number of rotatable bonds is 1. The number of carbonyl (C=O) groups excluding carboxylic acids is 2. The molecular weight excluding hydrogens is 242 g/mol. The van der Waals surface area contributed by atoms with E-state index in [2.05, 4.69) is 4.98 Å². The quantitative estimate of drug-likeness (QED) is 0.718. The number of imide groups is 1. The van der Waals surface area contributed by atoms with E-state index in [-0.39, 0.29) is 11.8 Å². The summed E-state index contributed by atoms with van der Waals surface area (Å²) < 4.78 is 0. The van der Waals surface area contributed by atoms with Crippen LogP contribution in [0.3, 0.4) is 0 Å². The van der Waals surface area contributed by atoms with Crippen LogP contribution in [0.2, 0.25) is 0 Å². The van der Waals surface area contributed by atoms with E-state index < -0.39 is 0 Å². The van der Waals surface area contributed by atoms with Crippen LogP contribution in [-0.2, 0) is 9.59 Å². The summed E-state index contributed by atoms with van der Waals surface area (Å²) in [7, 11) is 0. The van der Waals surface area contributed by atoms with Gasteiger partial charge < -0.3 is 0 Å². The van der Waals surface area contributed by atoms with E-state index in [0.29, 0.717) is 22.2 Å². The van der Waals surface area contributed by atoms with E-state index in [1.165, 1.54) is 12.2 Å². The lowest BCUT2D eigenvalue weighted by Crippen LogP contribution is -2.29. The zero-order chi connectivity index (χ0) is 13.4. The summed E-state index contributed by atoms with van der Waals surface area (Å²) in [5, 5.41) is 9.65. The third kappa shape index (κ3) is 1.58. The van der Waals surface area contributed by atoms with Gasteiger partial charge in [0.15, 0.2) is 0 Å². The van der Waals surface area contributed by atoms with Crippen molar-refractivity contribution < 1.29 is 9.59 Å². The van der Waals surface area contributed by atoms with Crippen LogP contribution in [0.4, 0.5) is 5.69 Å². The first-order valence-electron chi connectivity index (χ1n) is 5.56. The maximum Gasteiger partial charge on any atom is 0.258 e. The minimum Gasteiger partial charge on any atom is -0.269 e. The van der Waals surface area contributed by atoms with Crippen molar-refractivity contribution in [2.24, 2.45) is 0 Å². The molecule has 1 aromatic carbocycles. The molecule has 1 aliphatic heterocycles. The van der Waals surface area contributed by atoms with E-state index in [4.69, 9.17) is 5.26 Å². The molecule has 0 spiro atoms. The van der Waals surface area contributed by atoms with Gasteiger partial charge in [-0.05, 0) is 24.3 Å². The van der Waals surface area contributed by atoms with Gasteiger partial charge in [-0.15, -0.1) is 0 Å². The lowest BCUT2D eigenvalue weighted by atomic mass is 10.1. The number of hydrogen-bond acceptors (Lipinski definition) is 4. The van der Waals surface area contributed by atoms with Crippen molar-refractivity contribution in [2.75, 3.05) is 4.90 Å². The van der Waals surface area contributed by atoms with Gasteiger partial charge in [-0.2, -0.15) is 5.26 Å². The Balaban J connectivity index is 2.30. The number of amides is 2. The average molecular weight is 249 g/mol. The highest BCUT2D eigenvalue weighted by Gasteiger charge is 2.27. The van der Waals surface area contributed by atoms with E-state index in [1.807, 2.05) is 6.07 Å². The molecule has 19 heavy (non-hydrogen) atoms. The van der Waals surface area contributed by atoms with Crippen LogP contribution in [-0.4, -0.2) is 16.8 Å². The molecule has 0 N–H and O–H groups in total. The van der Waals surface area contributed by atoms with Gasteiger partial charge in [0, 0.05) is 23.7 Å². The molecule has 2 heterocycles. The topological polar surface area (TPSA) is 74.1 Å². The van der Waals surface area contributed by atoms with E-state index in [9.17, 15) is 9.59 Å². The van der Waals surface area contributed by atoms with Crippen LogP contribution >= 0.6 is 0 Å². The highest BCUT2D eigenvalue weighted by Crippen LogP contribution is 2.29. The Kier molecular flexibility index (Phi) is 2.36. The van der Waals surface area contributed by atoms with E-state index >= 15 is 0 Å². The van der Waals surface area contributed by atoms with E-state index in [1.54, 1.807) is 30.5 Å². The van der Waals surface area contributed by atoms with Gasteiger partial charge in [0.25, 0.3) is 11.8 Å². The molecule has 5 nitrogen and oxygen atoms in total. The number of nitriles is 1. The molecule has 2 amide bonds. The third-order valence-electron chi connectivity index (χ3n) is 2.92. The molecule has 2 aromatic rings. The van der Waals surface area contributed by atoms with Crippen molar-refractivity contribution in [1.29, 1.82) is 5.26 Å². The first-order chi connectivity index (χ1) is 9.22. The maximum atomic E-state index is 11.7. The number of nitrogens with zero attached hydrogens (tertiary/aromatic N) is 3. The number of aromatic nitrogens is 1. The second-order valence-corrected chi connectivity index (χ2v) is 3.99. The third-order valence-corrected chi connectivity index (χ3v) is 2.92. The molecule has 0 aliphatic carbocycles. The Morgan fingerprint density at radius 3 is 2.53 bits per heavy atom. The smallest absolute Gasteiger partial charge is 0.258 e. The lowest BCUT2D eigenvalue weighted by Gasteiger charge is -2.16. The van der Waals surface area contributed by atoms with Gasteiger partial charge in [-0.25, -0.2) is 4.90 Å². The molecule has 0 radical (unpaired) electrons. The minimum absolute atomic E-state index is 0.389. The highest BCUT2D eigenvalue weighted by atomic mass is 16.2. The number of benzene rings is 1. The lowest BCUT2D eigenvalue weighted by molar-refractivity contribution is -0.119. The Labute approximate surface area is 108 Å². The summed E-state index contributed by atoms with van der Waals surface area (Å²) in [6, 6.07) is 8.62. The van der Waals surface area contributed by atoms with Gasteiger partial charge >= 0.3 is 0 Å².